The first kappa shape index (κ1) is 27.4. The lowest BCUT2D eigenvalue weighted by atomic mass is 9.42. The van der Waals surface area contributed by atoms with Crippen molar-refractivity contribution in [1.82, 2.24) is 24.6 Å². The molecule has 5 aliphatic rings. The fourth-order valence-electron chi connectivity index (χ4n) is 7.26. The number of amides is 2. The first-order chi connectivity index (χ1) is 20.4. The van der Waals surface area contributed by atoms with Gasteiger partial charge in [0.2, 0.25) is 5.91 Å². The molecule has 3 aromatic rings. The molecule has 2 amide bonds. The number of phenolic OH excluding ortho intramolecular Hbond substituents is 1. The second kappa shape index (κ2) is 9.29. The third-order valence-corrected chi connectivity index (χ3v) is 9.47. The number of hydrogen-bond donors (Lipinski definition) is 2. The number of alkyl halides is 3. The fraction of sp³-hybridized carbons (Fsp3) is 0.400. The zero-order valence-corrected chi connectivity index (χ0v) is 22.9. The standard InChI is InChI=1S/C30H27F4N5O4/c1-2-23(41)37-7-5-18-24-19(39(36-18)20-4-3-17(25(31)26(20)42)29-10-15(11-29)12-29)6-8-38(21(24)14-37)28(43)16-9-22(40)27(35-13-16)30(32,33)34/h2-4,9,13,15,21,40,42H,1,5-8,10-12,14H2/t15?,21-,29?/m0/s1. The molecular formula is C30H27F4N5O4. The SMILES string of the molecule is C=CC(=O)N1CCc2nn(-c3ccc(C45CC(C4)C5)c(F)c3O)c3c2[C@H](C1)N(C(=O)c1cnc(C(F)(F)F)c(O)c1)CC3. The van der Waals surface area contributed by atoms with Gasteiger partial charge in [-0.25, -0.2) is 14.1 Å². The summed E-state index contributed by atoms with van der Waals surface area (Å²) in [6.45, 7) is 3.92. The Balaban J connectivity index is 1.29. The Morgan fingerprint density at radius 1 is 1.12 bits per heavy atom. The van der Waals surface area contributed by atoms with Crippen LogP contribution in [-0.2, 0) is 29.2 Å². The highest BCUT2D eigenvalue weighted by atomic mass is 19.4. The highest BCUT2D eigenvalue weighted by Gasteiger charge is 2.58. The molecule has 1 atom stereocenters. The number of pyridine rings is 1. The molecule has 224 valence electrons. The van der Waals surface area contributed by atoms with Gasteiger partial charge in [0.15, 0.2) is 17.3 Å². The molecule has 43 heavy (non-hydrogen) atoms. The van der Waals surface area contributed by atoms with Gasteiger partial charge in [-0.2, -0.15) is 18.3 Å². The lowest BCUT2D eigenvalue weighted by Gasteiger charge is -2.62. The molecule has 0 saturated heterocycles. The molecule has 8 rings (SSSR count). The third-order valence-electron chi connectivity index (χ3n) is 9.47. The highest BCUT2D eigenvalue weighted by molar-refractivity contribution is 5.95. The lowest BCUT2D eigenvalue weighted by molar-refractivity contribution is -0.142. The first-order valence-corrected chi connectivity index (χ1v) is 14.0. The van der Waals surface area contributed by atoms with Crippen LogP contribution in [0.4, 0.5) is 17.6 Å². The van der Waals surface area contributed by atoms with Gasteiger partial charge in [0.25, 0.3) is 5.91 Å². The quantitative estimate of drug-likeness (QED) is 0.345. The molecule has 4 heterocycles. The second-order valence-corrected chi connectivity index (χ2v) is 11.9. The van der Waals surface area contributed by atoms with Crippen LogP contribution in [0.1, 0.15) is 63.9 Å². The summed E-state index contributed by atoms with van der Waals surface area (Å²) >= 11 is 0. The predicted octanol–water partition coefficient (Wildman–Crippen LogP) is 4.20. The Morgan fingerprint density at radius 2 is 1.86 bits per heavy atom. The molecule has 2 aliphatic heterocycles. The minimum absolute atomic E-state index is 0.0469. The van der Waals surface area contributed by atoms with Crippen LogP contribution >= 0.6 is 0 Å². The van der Waals surface area contributed by atoms with Gasteiger partial charge in [-0.15, -0.1) is 0 Å². The van der Waals surface area contributed by atoms with Gasteiger partial charge in [-0.1, -0.05) is 12.6 Å². The van der Waals surface area contributed by atoms with E-state index in [1.807, 2.05) is 0 Å². The summed E-state index contributed by atoms with van der Waals surface area (Å²) in [5.74, 6) is -2.75. The maximum atomic E-state index is 15.5. The Bertz CT molecular complexity index is 1700. The van der Waals surface area contributed by atoms with Gasteiger partial charge >= 0.3 is 6.18 Å². The van der Waals surface area contributed by atoms with Crippen molar-refractivity contribution in [3.8, 4) is 17.2 Å². The van der Waals surface area contributed by atoms with E-state index in [1.54, 1.807) is 12.1 Å². The molecule has 2 aromatic heterocycles. The van der Waals surface area contributed by atoms with Crippen molar-refractivity contribution < 1.29 is 37.4 Å². The van der Waals surface area contributed by atoms with E-state index >= 15 is 4.39 Å². The minimum atomic E-state index is -4.90. The number of aromatic nitrogens is 3. The van der Waals surface area contributed by atoms with Crippen LogP contribution in [0.2, 0.25) is 0 Å². The summed E-state index contributed by atoms with van der Waals surface area (Å²) in [5.41, 5.74) is 0.550. The number of halogens is 4. The second-order valence-electron chi connectivity index (χ2n) is 11.9. The van der Waals surface area contributed by atoms with E-state index < -0.39 is 41.1 Å². The number of aromatic hydroxyl groups is 2. The normalized spacial score (nSPS) is 24.0. The Morgan fingerprint density at radius 3 is 2.49 bits per heavy atom. The van der Waals surface area contributed by atoms with Crippen LogP contribution in [0.15, 0.2) is 37.1 Å². The van der Waals surface area contributed by atoms with Gasteiger partial charge in [0, 0.05) is 44.2 Å². The van der Waals surface area contributed by atoms with Crippen LogP contribution in [0, 0.1) is 11.7 Å². The van der Waals surface area contributed by atoms with Gasteiger partial charge in [-0.05, 0) is 54.4 Å². The number of rotatable bonds is 4. The third kappa shape index (κ3) is 4.04. The predicted molar refractivity (Wildman–Crippen MR) is 143 cm³/mol. The molecule has 1 aromatic carbocycles. The van der Waals surface area contributed by atoms with Crippen molar-refractivity contribution in [2.24, 2.45) is 5.92 Å². The fourth-order valence-corrected chi connectivity index (χ4v) is 7.26. The molecule has 2 bridgehead atoms. The molecule has 9 nitrogen and oxygen atoms in total. The number of nitrogens with zero attached hydrogens (tertiary/aromatic N) is 5. The molecule has 0 unspecified atom stereocenters. The molecule has 3 saturated carbocycles. The van der Waals surface area contributed by atoms with Crippen LogP contribution in [0.5, 0.6) is 11.5 Å². The number of carbonyl (C=O) groups is 2. The van der Waals surface area contributed by atoms with E-state index in [4.69, 9.17) is 5.10 Å². The van der Waals surface area contributed by atoms with E-state index in [0.717, 1.165) is 37.6 Å². The summed E-state index contributed by atoms with van der Waals surface area (Å²) in [6, 6.07) is 3.34. The summed E-state index contributed by atoms with van der Waals surface area (Å²) in [5, 5.41) is 25.7. The zero-order chi connectivity index (χ0) is 30.4. The van der Waals surface area contributed by atoms with E-state index in [2.05, 4.69) is 11.6 Å². The Kier molecular flexibility index (Phi) is 5.92. The maximum absolute atomic E-state index is 15.5. The highest BCUT2D eigenvalue weighted by Crippen LogP contribution is 2.66. The van der Waals surface area contributed by atoms with E-state index in [0.29, 0.717) is 34.9 Å². The Labute approximate surface area is 243 Å². The van der Waals surface area contributed by atoms with Crippen molar-refractivity contribution in [1.29, 1.82) is 0 Å². The van der Waals surface area contributed by atoms with Crippen molar-refractivity contribution in [2.75, 3.05) is 19.6 Å². The molecule has 2 N–H and O–H groups in total. The van der Waals surface area contributed by atoms with Crippen molar-refractivity contribution in [2.45, 2.75) is 49.7 Å². The summed E-state index contributed by atoms with van der Waals surface area (Å²) in [7, 11) is 0. The van der Waals surface area contributed by atoms with Crippen molar-refractivity contribution in [3.05, 3.63) is 76.6 Å². The zero-order valence-electron chi connectivity index (χ0n) is 22.9. The van der Waals surface area contributed by atoms with Gasteiger partial charge in [0.1, 0.15) is 11.4 Å². The average Bonchev–Trinajstić information content (AvgIpc) is 3.17. The van der Waals surface area contributed by atoms with Crippen molar-refractivity contribution >= 4 is 11.8 Å². The largest absolute Gasteiger partial charge is 0.506 e. The Hall–Kier alpha value is -4.42. The van der Waals surface area contributed by atoms with Crippen LogP contribution < -0.4 is 0 Å². The molecule has 0 radical (unpaired) electrons. The van der Waals surface area contributed by atoms with E-state index in [9.17, 15) is 33.0 Å². The van der Waals surface area contributed by atoms with Crippen LogP contribution in [0.25, 0.3) is 5.69 Å². The summed E-state index contributed by atoms with van der Waals surface area (Å²) < 4.78 is 56.5. The first-order valence-electron chi connectivity index (χ1n) is 14.0. The molecule has 0 spiro atoms. The van der Waals surface area contributed by atoms with E-state index in [1.165, 1.54) is 14.5 Å². The smallest absolute Gasteiger partial charge is 0.437 e. The molecule has 3 fully saturated rings. The average molecular weight is 598 g/mol. The minimum Gasteiger partial charge on any atom is -0.506 e. The number of carbonyl (C=O) groups excluding carboxylic acids is 2. The molecule has 3 aliphatic carbocycles. The van der Waals surface area contributed by atoms with Crippen molar-refractivity contribution in [3.63, 3.8) is 0 Å². The number of phenols is 1. The van der Waals surface area contributed by atoms with Crippen LogP contribution in [-0.4, -0.2) is 66.2 Å². The number of benzene rings is 1. The van der Waals surface area contributed by atoms with Gasteiger partial charge in [0.05, 0.1) is 23.0 Å². The van der Waals surface area contributed by atoms with Gasteiger partial charge in [-0.3, -0.25) is 9.59 Å². The molecular weight excluding hydrogens is 570 g/mol. The lowest BCUT2D eigenvalue weighted by Crippen LogP contribution is -2.55. The van der Waals surface area contributed by atoms with E-state index in [-0.39, 0.29) is 48.6 Å². The summed E-state index contributed by atoms with van der Waals surface area (Å²) in [4.78, 5) is 32.6. The maximum Gasteiger partial charge on any atom is 0.437 e. The van der Waals surface area contributed by atoms with Crippen LogP contribution in [0.3, 0.4) is 0 Å². The molecule has 13 heteroatoms. The summed E-state index contributed by atoms with van der Waals surface area (Å²) in [6.07, 6.45) is 0.318. The van der Waals surface area contributed by atoms with Gasteiger partial charge < -0.3 is 20.0 Å². The number of hydrogen-bond acceptors (Lipinski definition) is 6. The topological polar surface area (TPSA) is 112 Å². The monoisotopic (exact) mass is 597 g/mol.